The molecule has 0 bridgehead atoms. The number of nitrogens with zero attached hydrogens (tertiary/aromatic N) is 5. The van der Waals surface area contributed by atoms with E-state index in [4.69, 9.17) is 14.5 Å². The Balaban J connectivity index is 1.33. The minimum atomic E-state index is -1.74. The first kappa shape index (κ1) is 30.1. The van der Waals surface area contributed by atoms with Gasteiger partial charge >= 0.3 is 6.01 Å². The maximum atomic E-state index is 16.8. The fourth-order valence-corrected chi connectivity index (χ4v) is 8.49. The lowest BCUT2D eigenvalue weighted by Crippen LogP contribution is -2.60. The number of hydrogen-bond donors (Lipinski definition) is 2. The second-order valence-corrected chi connectivity index (χ2v) is 13.2. The van der Waals surface area contributed by atoms with E-state index < -0.39 is 51.8 Å². The van der Waals surface area contributed by atoms with E-state index >= 15 is 8.78 Å². The highest BCUT2D eigenvalue weighted by molar-refractivity contribution is 14.1. The molecular formula is C31H28F5IN6O3. The minimum Gasteiger partial charge on any atom is -0.508 e. The zero-order valence-corrected chi connectivity index (χ0v) is 26.5. The molecule has 2 N–H and O–H groups in total. The second-order valence-electron chi connectivity index (χ2n) is 12.4. The first-order valence-corrected chi connectivity index (χ1v) is 16.6. The van der Waals surface area contributed by atoms with Gasteiger partial charge in [-0.05, 0) is 43.0 Å². The number of phenols is 1. The third-order valence-corrected chi connectivity index (χ3v) is 10.7. The molecule has 4 aliphatic heterocycles. The summed E-state index contributed by atoms with van der Waals surface area (Å²) in [5.74, 6) is -5.90. The van der Waals surface area contributed by atoms with E-state index in [1.807, 2.05) is 4.90 Å². The Bertz CT molecular complexity index is 1900. The zero-order valence-electron chi connectivity index (χ0n) is 24.3. The molecule has 3 fully saturated rings. The molecule has 8 rings (SSSR count). The lowest BCUT2D eigenvalue weighted by Gasteiger charge is -2.40. The SMILES string of the molecule is Oc1cc(-c2nc3c4c(nc(OC[C@@]56CCCN5C[C@H](F)C6)nc4c2F)N2CCN[C@@H](CI)[C@H]2CO3)c2c(F)c(F)c(F)cc2c1. The Labute approximate surface area is 273 Å². The molecule has 0 spiro atoms. The van der Waals surface area contributed by atoms with Gasteiger partial charge in [0.2, 0.25) is 5.88 Å². The quantitative estimate of drug-likeness (QED) is 0.126. The molecule has 15 heteroatoms. The third kappa shape index (κ3) is 4.63. The van der Waals surface area contributed by atoms with Gasteiger partial charge in [0.15, 0.2) is 23.3 Å². The van der Waals surface area contributed by atoms with Crippen molar-refractivity contribution in [3.8, 4) is 28.9 Å². The van der Waals surface area contributed by atoms with E-state index in [2.05, 4.69) is 42.8 Å². The van der Waals surface area contributed by atoms with Crippen molar-refractivity contribution in [2.24, 2.45) is 0 Å². The highest BCUT2D eigenvalue weighted by Gasteiger charge is 2.49. The van der Waals surface area contributed by atoms with Crippen LogP contribution in [0.4, 0.5) is 27.8 Å². The van der Waals surface area contributed by atoms with Crippen LogP contribution >= 0.6 is 22.6 Å². The van der Waals surface area contributed by atoms with Gasteiger partial charge in [0.25, 0.3) is 0 Å². The van der Waals surface area contributed by atoms with Gasteiger partial charge in [-0.2, -0.15) is 9.97 Å². The molecule has 4 aliphatic rings. The topological polar surface area (TPSA) is 95.9 Å². The summed E-state index contributed by atoms with van der Waals surface area (Å²) < 4.78 is 88.2. The smallest absolute Gasteiger partial charge is 0.319 e. The molecule has 3 saturated heterocycles. The van der Waals surface area contributed by atoms with E-state index in [0.29, 0.717) is 31.9 Å². The van der Waals surface area contributed by atoms with Crippen LogP contribution in [0.2, 0.25) is 0 Å². The number of phenolic OH excluding ortho intramolecular Hbond substituents is 1. The molecule has 242 valence electrons. The number of aromatic hydroxyl groups is 1. The zero-order chi connectivity index (χ0) is 31.9. The number of aromatic nitrogens is 3. The Hall–Kier alpha value is -3.31. The van der Waals surface area contributed by atoms with E-state index in [-0.39, 0.29) is 59.0 Å². The van der Waals surface area contributed by atoms with Gasteiger partial charge in [-0.3, -0.25) is 4.90 Å². The standard InChI is InChI=1S/C31H28F5IN6O3/c32-15-9-31(2-1-4-42(31)11-15)13-46-30-40-27-22-28(41-30)43-5-3-38-19(10-37)20(43)12-45-29(22)39-26(25(27)36)17-8-16(44)6-14-7-18(33)23(34)24(35)21(14)17/h6-8,15,19-20,38,44H,1-5,9-13H2/t15-,19+,20-,31+/m1/s1. The first-order chi connectivity index (χ1) is 22.2. The van der Waals surface area contributed by atoms with Crippen molar-refractivity contribution in [1.29, 1.82) is 0 Å². The lowest BCUT2D eigenvalue weighted by atomic mass is 9.95. The fourth-order valence-electron chi connectivity index (χ4n) is 7.60. The summed E-state index contributed by atoms with van der Waals surface area (Å²) in [5, 5.41) is 13.4. The molecule has 0 unspecified atom stereocenters. The minimum absolute atomic E-state index is 0.00439. The molecule has 0 saturated carbocycles. The normalized spacial score (nSPS) is 25.9. The number of alkyl halides is 2. The van der Waals surface area contributed by atoms with Crippen LogP contribution in [0.3, 0.4) is 0 Å². The highest BCUT2D eigenvalue weighted by Crippen LogP contribution is 2.45. The van der Waals surface area contributed by atoms with Crippen molar-refractivity contribution < 1.29 is 36.5 Å². The maximum Gasteiger partial charge on any atom is 0.319 e. The molecule has 0 aliphatic carbocycles. The van der Waals surface area contributed by atoms with Crippen molar-refractivity contribution in [1.82, 2.24) is 25.2 Å². The van der Waals surface area contributed by atoms with E-state index in [9.17, 15) is 18.3 Å². The maximum absolute atomic E-state index is 16.8. The number of benzene rings is 2. The summed E-state index contributed by atoms with van der Waals surface area (Å²) in [6, 6.07) is 2.45. The molecule has 2 aromatic carbocycles. The van der Waals surface area contributed by atoms with Crippen LogP contribution in [0.25, 0.3) is 32.9 Å². The van der Waals surface area contributed by atoms with Crippen molar-refractivity contribution >= 4 is 50.1 Å². The van der Waals surface area contributed by atoms with Gasteiger partial charge in [-0.15, -0.1) is 0 Å². The molecular weight excluding hydrogens is 726 g/mol. The highest BCUT2D eigenvalue weighted by atomic mass is 127. The van der Waals surface area contributed by atoms with E-state index in [0.717, 1.165) is 42.0 Å². The Kier molecular flexibility index (Phi) is 7.28. The van der Waals surface area contributed by atoms with Crippen LogP contribution in [0, 0.1) is 23.3 Å². The number of halogens is 6. The number of ether oxygens (including phenoxy) is 2. The average molecular weight is 754 g/mol. The largest absolute Gasteiger partial charge is 0.508 e. The number of nitrogens with one attached hydrogen (secondary N) is 1. The lowest BCUT2D eigenvalue weighted by molar-refractivity contribution is 0.107. The predicted octanol–water partition coefficient (Wildman–Crippen LogP) is 5.04. The number of piperazine rings is 1. The van der Waals surface area contributed by atoms with Crippen molar-refractivity contribution in [2.45, 2.75) is 43.1 Å². The van der Waals surface area contributed by atoms with Crippen LogP contribution in [0.1, 0.15) is 19.3 Å². The number of anilines is 1. The van der Waals surface area contributed by atoms with Crippen molar-refractivity contribution in [3.63, 3.8) is 0 Å². The van der Waals surface area contributed by atoms with Gasteiger partial charge < -0.3 is 24.8 Å². The number of fused-ring (bicyclic) bond motifs is 4. The first-order valence-electron chi connectivity index (χ1n) is 15.1. The van der Waals surface area contributed by atoms with Gasteiger partial charge in [-0.1, -0.05) is 22.6 Å². The van der Waals surface area contributed by atoms with E-state index in [1.54, 1.807) is 0 Å². The summed E-state index contributed by atoms with van der Waals surface area (Å²) in [6.45, 7) is 2.49. The summed E-state index contributed by atoms with van der Waals surface area (Å²) in [4.78, 5) is 17.7. The van der Waals surface area contributed by atoms with Gasteiger partial charge in [0.1, 0.15) is 47.5 Å². The Morgan fingerprint density at radius 3 is 2.74 bits per heavy atom. The molecule has 0 amide bonds. The van der Waals surface area contributed by atoms with E-state index in [1.165, 1.54) is 0 Å². The summed E-state index contributed by atoms with van der Waals surface area (Å²) in [5.41, 5.74) is -1.55. The molecule has 2 aromatic heterocycles. The Morgan fingerprint density at radius 1 is 1.07 bits per heavy atom. The molecule has 4 atom stereocenters. The molecule has 6 heterocycles. The fraction of sp³-hybridized carbons (Fsp3) is 0.452. The van der Waals surface area contributed by atoms with Gasteiger partial charge in [0.05, 0.1) is 11.6 Å². The van der Waals surface area contributed by atoms with Crippen LogP contribution in [0.5, 0.6) is 17.6 Å². The summed E-state index contributed by atoms with van der Waals surface area (Å²) in [7, 11) is 0. The van der Waals surface area contributed by atoms with Crippen LogP contribution in [0.15, 0.2) is 18.2 Å². The number of pyridine rings is 1. The van der Waals surface area contributed by atoms with Crippen LogP contribution in [-0.2, 0) is 0 Å². The Morgan fingerprint density at radius 2 is 1.91 bits per heavy atom. The summed E-state index contributed by atoms with van der Waals surface area (Å²) in [6.07, 6.45) is 1.00. The molecule has 0 radical (unpaired) electrons. The summed E-state index contributed by atoms with van der Waals surface area (Å²) >= 11 is 2.28. The average Bonchev–Trinajstić information content (AvgIpc) is 3.51. The molecule has 9 nitrogen and oxygen atoms in total. The molecule has 4 aromatic rings. The van der Waals surface area contributed by atoms with Crippen molar-refractivity contribution in [3.05, 3.63) is 41.5 Å². The third-order valence-electron chi connectivity index (χ3n) is 9.71. The predicted molar refractivity (Wildman–Crippen MR) is 168 cm³/mol. The second kappa shape index (κ2) is 11.1. The number of hydrogen-bond acceptors (Lipinski definition) is 9. The van der Waals surface area contributed by atoms with Crippen LogP contribution < -0.4 is 19.7 Å². The van der Waals surface area contributed by atoms with Gasteiger partial charge in [-0.25, -0.2) is 26.9 Å². The monoisotopic (exact) mass is 754 g/mol. The van der Waals surface area contributed by atoms with Crippen LogP contribution in [-0.4, -0.2) is 92.6 Å². The molecule has 46 heavy (non-hydrogen) atoms. The van der Waals surface area contributed by atoms with Gasteiger partial charge in [0, 0.05) is 47.5 Å². The van der Waals surface area contributed by atoms with Crippen molar-refractivity contribution in [2.75, 3.05) is 48.7 Å². The number of rotatable bonds is 5.